The molecule has 128 valence electrons. The van der Waals surface area contributed by atoms with E-state index in [-0.39, 0.29) is 24.0 Å². The van der Waals surface area contributed by atoms with Crippen molar-refractivity contribution in [2.24, 2.45) is 5.92 Å². The number of ether oxygens (including phenoxy) is 2. The lowest BCUT2D eigenvalue weighted by atomic mass is 9.95. The Morgan fingerprint density at radius 1 is 1.25 bits per heavy atom. The van der Waals surface area contributed by atoms with Crippen molar-refractivity contribution in [3.05, 3.63) is 29.3 Å². The minimum absolute atomic E-state index is 0.000308. The van der Waals surface area contributed by atoms with Gasteiger partial charge in [-0.2, -0.15) is 0 Å². The maximum absolute atomic E-state index is 12.9. The molecule has 3 heterocycles. The Bertz CT molecular complexity index is 671. The third kappa shape index (κ3) is 2.53. The lowest BCUT2D eigenvalue weighted by molar-refractivity contribution is -0.139. The fraction of sp³-hybridized carbons (Fsp3) is 0.529. The Morgan fingerprint density at radius 3 is 2.79 bits per heavy atom. The number of amides is 2. The van der Waals surface area contributed by atoms with Gasteiger partial charge in [0.25, 0.3) is 5.91 Å². The standard InChI is InChI=1S/C17H20N2O5/c20-16(18-22)11-1-2-13-14-8-12(24-15(13)7-11)9-19(14)17(21)10-3-5-23-6-4-10/h1-2,7,10,12,14,22H,3-6,8-9H2,(H,18,20)/t12-,14?/m0/s1. The van der Waals surface area contributed by atoms with Crippen LogP contribution in [0, 0.1) is 5.92 Å². The zero-order valence-corrected chi connectivity index (χ0v) is 13.2. The van der Waals surface area contributed by atoms with Crippen molar-refractivity contribution in [3.63, 3.8) is 0 Å². The van der Waals surface area contributed by atoms with E-state index in [1.54, 1.807) is 17.6 Å². The van der Waals surface area contributed by atoms with Crippen LogP contribution in [-0.2, 0) is 9.53 Å². The normalized spacial score (nSPS) is 25.8. The van der Waals surface area contributed by atoms with Crippen LogP contribution in [0.1, 0.15) is 41.2 Å². The van der Waals surface area contributed by atoms with Crippen LogP contribution in [0.25, 0.3) is 0 Å². The quantitative estimate of drug-likeness (QED) is 0.629. The third-order valence-corrected chi connectivity index (χ3v) is 5.15. The van der Waals surface area contributed by atoms with Crippen LogP contribution in [0.5, 0.6) is 5.75 Å². The first-order valence-electron chi connectivity index (χ1n) is 8.30. The number of hydrogen-bond donors (Lipinski definition) is 2. The fourth-order valence-electron chi connectivity index (χ4n) is 3.90. The highest BCUT2D eigenvalue weighted by Gasteiger charge is 2.44. The molecule has 2 saturated heterocycles. The van der Waals surface area contributed by atoms with E-state index in [2.05, 4.69) is 0 Å². The summed E-state index contributed by atoms with van der Waals surface area (Å²) in [5.41, 5.74) is 2.89. The lowest BCUT2D eigenvalue weighted by Gasteiger charge is -2.31. The molecule has 7 heteroatoms. The molecule has 1 aromatic rings. The molecule has 0 aromatic heterocycles. The molecule has 4 rings (SSSR count). The molecule has 0 aliphatic carbocycles. The van der Waals surface area contributed by atoms with Gasteiger partial charge in [0.1, 0.15) is 11.9 Å². The van der Waals surface area contributed by atoms with E-state index in [1.807, 2.05) is 11.0 Å². The Hall–Kier alpha value is -2.12. The van der Waals surface area contributed by atoms with Gasteiger partial charge in [-0.15, -0.1) is 0 Å². The van der Waals surface area contributed by atoms with Crippen LogP contribution in [0.4, 0.5) is 0 Å². The fourth-order valence-corrected chi connectivity index (χ4v) is 3.90. The van der Waals surface area contributed by atoms with Crippen molar-refractivity contribution in [1.29, 1.82) is 0 Å². The molecule has 0 saturated carbocycles. The third-order valence-electron chi connectivity index (χ3n) is 5.15. The Kier molecular flexibility index (Phi) is 3.90. The Labute approximate surface area is 139 Å². The molecule has 3 aliphatic rings. The number of benzene rings is 1. The molecular weight excluding hydrogens is 312 g/mol. The van der Waals surface area contributed by atoms with E-state index in [0.29, 0.717) is 31.1 Å². The van der Waals surface area contributed by atoms with Crippen LogP contribution >= 0.6 is 0 Å². The van der Waals surface area contributed by atoms with Gasteiger partial charge in [0.2, 0.25) is 5.91 Å². The van der Waals surface area contributed by atoms with E-state index in [9.17, 15) is 9.59 Å². The van der Waals surface area contributed by atoms with Crippen LogP contribution < -0.4 is 10.2 Å². The number of hydroxylamine groups is 1. The maximum Gasteiger partial charge on any atom is 0.274 e. The molecule has 3 aliphatic heterocycles. The highest BCUT2D eigenvalue weighted by molar-refractivity contribution is 5.94. The van der Waals surface area contributed by atoms with Gasteiger partial charge in [-0.3, -0.25) is 14.8 Å². The largest absolute Gasteiger partial charge is 0.488 e. The summed E-state index contributed by atoms with van der Waals surface area (Å²) in [6.45, 7) is 1.87. The number of nitrogens with zero attached hydrogens (tertiary/aromatic N) is 1. The Balaban J connectivity index is 1.59. The first kappa shape index (κ1) is 15.4. The monoisotopic (exact) mass is 332 g/mol. The average Bonchev–Trinajstić information content (AvgIpc) is 2.98. The van der Waals surface area contributed by atoms with Crippen LogP contribution in [0.15, 0.2) is 18.2 Å². The first-order chi connectivity index (χ1) is 11.7. The highest BCUT2D eigenvalue weighted by atomic mass is 16.5. The number of carbonyl (C=O) groups excluding carboxylic acids is 2. The minimum Gasteiger partial charge on any atom is -0.488 e. The van der Waals surface area contributed by atoms with Gasteiger partial charge in [-0.1, -0.05) is 6.07 Å². The molecule has 0 spiro atoms. The molecule has 2 atom stereocenters. The topological polar surface area (TPSA) is 88.1 Å². The van der Waals surface area contributed by atoms with Crippen LogP contribution in [0.3, 0.4) is 0 Å². The second-order valence-corrected chi connectivity index (χ2v) is 6.56. The molecule has 1 aromatic carbocycles. The van der Waals surface area contributed by atoms with E-state index in [4.69, 9.17) is 14.7 Å². The molecule has 0 radical (unpaired) electrons. The minimum atomic E-state index is -0.575. The summed E-state index contributed by atoms with van der Waals surface area (Å²) >= 11 is 0. The van der Waals surface area contributed by atoms with Gasteiger partial charge < -0.3 is 14.4 Å². The summed E-state index contributed by atoms with van der Waals surface area (Å²) in [7, 11) is 0. The van der Waals surface area contributed by atoms with Crippen LogP contribution in [0.2, 0.25) is 0 Å². The Morgan fingerprint density at radius 2 is 2.04 bits per heavy atom. The first-order valence-corrected chi connectivity index (χ1v) is 8.30. The predicted octanol–water partition coefficient (Wildman–Crippen LogP) is 1.27. The molecule has 7 nitrogen and oxygen atoms in total. The number of likely N-dealkylation sites (tertiary alicyclic amines) is 1. The zero-order valence-electron chi connectivity index (χ0n) is 13.2. The van der Waals surface area contributed by atoms with Gasteiger partial charge in [-0.05, 0) is 25.0 Å². The number of fused-ring (bicyclic) bond motifs is 4. The van der Waals surface area contributed by atoms with Crippen molar-refractivity contribution in [2.75, 3.05) is 19.8 Å². The van der Waals surface area contributed by atoms with Gasteiger partial charge in [0.15, 0.2) is 0 Å². The van der Waals surface area contributed by atoms with Crippen molar-refractivity contribution in [2.45, 2.75) is 31.4 Å². The van der Waals surface area contributed by atoms with E-state index < -0.39 is 5.91 Å². The van der Waals surface area contributed by atoms with Crippen LogP contribution in [-0.4, -0.2) is 47.8 Å². The van der Waals surface area contributed by atoms with Gasteiger partial charge in [0.05, 0.1) is 12.6 Å². The molecule has 1 unspecified atom stereocenters. The van der Waals surface area contributed by atoms with Crippen molar-refractivity contribution in [1.82, 2.24) is 10.4 Å². The second kappa shape index (κ2) is 6.07. The van der Waals surface area contributed by atoms with Gasteiger partial charge >= 0.3 is 0 Å². The smallest absolute Gasteiger partial charge is 0.274 e. The number of rotatable bonds is 2. The molecule has 24 heavy (non-hydrogen) atoms. The predicted molar refractivity (Wildman–Crippen MR) is 82.7 cm³/mol. The van der Waals surface area contributed by atoms with Crippen molar-refractivity contribution < 1.29 is 24.3 Å². The molecule has 2 bridgehead atoms. The number of hydrogen-bond acceptors (Lipinski definition) is 5. The molecule has 2 fully saturated rings. The maximum atomic E-state index is 12.9. The van der Waals surface area contributed by atoms with E-state index in [0.717, 1.165) is 24.8 Å². The SMILES string of the molecule is O=C(NO)c1ccc2c(c1)O[C@H]1CC2N(C(=O)C2CCOCC2)C1. The second-order valence-electron chi connectivity index (χ2n) is 6.56. The molecular formula is C17H20N2O5. The number of nitrogens with one attached hydrogen (secondary N) is 1. The highest BCUT2D eigenvalue weighted by Crippen LogP contribution is 2.44. The van der Waals surface area contributed by atoms with Crippen molar-refractivity contribution >= 4 is 11.8 Å². The summed E-state index contributed by atoms with van der Waals surface area (Å²) in [6.07, 6.45) is 2.29. The summed E-state index contributed by atoms with van der Waals surface area (Å²) < 4.78 is 11.3. The molecule has 2 N–H and O–H groups in total. The summed E-state index contributed by atoms with van der Waals surface area (Å²) in [5, 5.41) is 8.76. The van der Waals surface area contributed by atoms with E-state index in [1.165, 1.54) is 0 Å². The molecule has 2 amide bonds. The summed E-state index contributed by atoms with van der Waals surface area (Å²) in [6, 6.07) is 5.09. The summed E-state index contributed by atoms with van der Waals surface area (Å²) in [5.74, 6) is 0.259. The van der Waals surface area contributed by atoms with Gasteiger partial charge in [0, 0.05) is 36.7 Å². The average molecular weight is 332 g/mol. The number of carbonyl (C=O) groups is 2. The zero-order chi connectivity index (χ0) is 16.7. The summed E-state index contributed by atoms with van der Waals surface area (Å²) in [4.78, 5) is 26.4. The lowest BCUT2D eigenvalue weighted by Crippen LogP contribution is -2.38. The van der Waals surface area contributed by atoms with E-state index >= 15 is 0 Å². The van der Waals surface area contributed by atoms with Gasteiger partial charge in [-0.25, -0.2) is 5.48 Å². The van der Waals surface area contributed by atoms with Crippen molar-refractivity contribution in [3.8, 4) is 5.75 Å².